The largest absolute Gasteiger partial charge is 0.381 e. The second kappa shape index (κ2) is 12.1. The molecule has 0 spiro atoms. The summed E-state index contributed by atoms with van der Waals surface area (Å²) in [5, 5.41) is 11.4. The molecule has 0 amide bonds. The minimum absolute atomic E-state index is 0.294. The van der Waals surface area contributed by atoms with Gasteiger partial charge in [0, 0.05) is 59.1 Å². The van der Waals surface area contributed by atoms with Crippen molar-refractivity contribution in [2.75, 3.05) is 46.6 Å². The Bertz CT molecular complexity index is 630. The Morgan fingerprint density at radius 2 is 2.17 bits per heavy atom. The predicted molar refractivity (Wildman–Crippen MR) is 111 cm³/mol. The summed E-state index contributed by atoms with van der Waals surface area (Å²) in [6, 6.07) is 0.294. The average Bonchev–Trinajstić information content (AvgIpc) is 3.13. The van der Waals surface area contributed by atoms with E-state index in [4.69, 9.17) is 19.2 Å². The zero-order valence-electron chi connectivity index (χ0n) is 17.9. The first kappa shape index (κ1) is 22.0. The molecule has 29 heavy (non-hydrogen) atoms. The second-order valence-electron chi connectivity index (χ2n) is 7.68. The van der Waals surface area contributed by atoms with E-state index in [1.165, 1.54) is 0 Å². The van der Waals surface area contributed by atoms with Crippen molar-refractivity contribution in [2.24, 2.45) is 10.9 Å². The smallest absolute Gasteiger partial charge is 0.191 e. The Morgan fingerprint density at radius 3 is 2.97 bits per heavy atom. The van der Waals surface area contributed by atoms with E-state index in [9.17, 15) is 0 Å². The summed E-state index contributed by atoms with van der Waals surface area (Å²) in [5.41, 5.74) is 0. The van der Waals surface area contributed by atoms with E-state index in [0.29, 0.717) is 18.6 Å². The highest BCUT2D eigenvalue weighted by Gasteiger charge is 2.22. The zero-order chi connectivity index (χ0) is 20.3. The number of fused-ring (bicyclic) bond motifs is 1. The lowest BCUT2D eigenvalue weighted by Crippen LogP contribution is -2.47. The molecule has 2 N–H and O–H groups in total. The van der Waals surface area contributed by atoms with Crippen LogP contribution in [0, 0.1) is 5.92 Å². The van der Waals surface area contributed by atoms with Crippen LogP contribution in [-0.2, 0) is 33.8 Å². The van der Waals surface area contributed by atoms with Crippen LogP contribution in [0.4, 0.5) is 0 Å². The van der Waals surface area contributed by atoms with Crippen LogP contribution in [0.25, 0.3) is 0 Å². The summed E-state index contributed by atoms with van der Waals surface area (Å²) in [7, 11) is 1.67. The maximum absolute atomic E-state index is 5.83. The van der Waals surface area contributed by atoms with Crippen LogP contribution < -0.4 is 10.6 Å². The number of nitrogens with zero attached hydrogens (tertiary/aromatic N) is 4. The normalized spacial score (nSPS) is 20.5. The summed E-state index contributed by atoms with van der Waals surface area (Å²) < 4.78 is 18.3. The SMILES string of the molecule is CCNC(=NCCCOCC1CCOCC1)NC1CCc2nc(COC)nn2C1. The van der Waals surface area contributed by atoms with Gasteiger partial charge in [-0.1, -0.05) is 0 Å². The van der Waals surface area contributed by atoms with Crippen molar-refractivity contribution in [1.82, 2.24) is 25.4 Å². The van der Waals surface area contributed by atoms with E-state index in [0.717, 1.165) is 95.8 Å². The molecule has 0 radical (unpaired) electrons. The first-order chi connectivity index (χ1) is 14.3. The van der Waals surface area contributed by atoms with Gasteiger partial charge in [-0.25, -0.2) is 9.67 Å². The van der Waals surface area contributed by atoms with Gasteiger partial charge in [-0.3, -0.25) is 4.99 Å². The molecule has 1 aromatic heterocycles. The number of hydrogen-bond acceptors (Lipinski definition) is 6. The third kappa shape index (κ3) is 7.24. The molecule has 1 aromatic rings. The van der Waals surface area contributed by atoms with Crippen LogP contribution in [0.3, 0.4) is 0 Å². The van der Waals surface area contributed by atoms with E-state index in [1.807, 2.05) is 4.68 Å². The number of rotatable bonds is 10. The van der Waals surface area contributed by atoms with Gasteiger partial charge in [-0.15, -0.1) is 0 Å². The Kier molecular flexibility index (Phi) is 9.17. The van der Waals surface area contributed by atoms with Crippen LogP contribution in [0.2, 0.25) is 0 Å². The predicted octanol–water partition coefficient (Wildman–Crippen LogP) is 1.13. The van der Waals surface area contributed by atoms with E-state index in [-0.39, 0.29) is 0 Å². The third-order valence-corrected chi connectivity index (χ3v) is 5.27. The van der Waals surface area contributed by atoms with Gasteiger partial charge in [0.05, 0.1) is 6.54 Å². The maximum atomic E-state index is 5.83. The number of ether oxygens (including phenoxy) is 3. The third-order valence-electron chi connectivity index (χ3n) is 5.27. The second-order valence-corrected chi connectivity index (χ2v) is 7.68. The van der Waals surface area contributed by atoms with Crippen molar-refractivity contribution < 1.29 is 14.2 Å². The fraction of sp³-hybridized carbons (Fsp3) is 0.850. The Morgan fingerprint density at radius 1 is 1.31 bits per heavy atom. The van der Waals surface area contributed by atoms with Crippen molar-refractivity contribution in [3.63, 3.8) is 0 Å². The number of nitrogens with one attached hydrogen (secondary N) is 2. The number of methoxy groups -OCH3 is 1. The molecule has 0 bridgehead atoms. The molecule has 9 nitrogen and oxygen atoms in total. The van der Waals surface area contributed by atoms with Gasteiger partial charge >= 0.3 is 0 Å². The van der Waals surface area contributed by atoms with E-state index < -0.39 is 0 Å². The van der Waals surface area contributed by atoms with Crippen LogP contribution in [0.1, 0.15) is 44.3 Å². The van der Waals surface area contributed by atoms with E-state index in [2.05, 4.69) is 27.6 Å². The lowest BCUT2D eigenvalue weighted by molar-refractivity contribution is 0.0205. The highest BCUT2D eigenvalue weighted by atomic mass is 16.5. The van der Waals surface area contributed by atoms with Crippen molar-refractivity contribution in [3.05, 3.63) is 11.6 Å². The number of guanidine groups is 1. The van der Waals surface area contributed by atoms with Crippen molar-refractivity contribution in [3.8, 4) is 0 Å². The molecule has 1 saturated heterocycles. The highest BCUT2D eigenvalue weighted by molar-refractivity contribution is 5.80. The van der Waals surface area contributed by atoms with Crippen LogP contribution in [0.15, 0.2) is 4.99 Å². The fourth-order valence-corrected chi connectivity index (χ4v) is 3.70. The van der Waals surface area contributed by atoms with Gasteiger partial charge in [0.15, 0.2) is 11.8 Å². The molecule has 1 fully saturated rings. The summed E-state index contributed by atoms with van der Waals surface area (Å²) >= 11 is 0. The highest BCUT2D eigenvalue weighted by Crippen LogP contribution is 2.15. The van der Waals surface area contributed by atoms with E-state index >= 15 is 0 Å². The average molecular weight is 409 g/mol. The molecule has 164 valence electrons. The van der Waals surface area contributed by atoms with Gasteiger partial charge in [-0.05, 0) is 38.5 Å². The molecule has 0 aromatic carbocycles. The summed E-state index contributed by atoms with van der Waals surface area (Å²) in [6.07, 6.45) is 5.10. The molecule has 1 unspecified atom stereocenters. The van der Waals surface area contributed by atoms with Crippen molar-refractivity contribution in [2.45, 2.75) is 58.2 Å². The van der Waals surface area contributed by atoms with Gasteiger partial charge in [0.2, 0.25) is 0 Å². The molecule has 0 saturated carbocycles. The molecule has 2 aliphatic heterocycles. The number of aliphatic imine (C=N–C) groups is 1. The Hall–Kier alpha value is -1.71. The summed E-state index contributed by atoms with van der Waals surface area (Å²) in [6.45, 7) is 8.29. The molecule has 2 aliphatic rings. The quantitative estimate of drug-likeness (QED) is 0.340. The molecule has 3 rings (SSSR count). The van der Waals surface area contributed by atoms with Gasteiger partial charge in [0.25, 0.3) is 0 Å². The number of aryl methyl sites for hydroxylation is 1. The lowest BCUT2D eigenvalue weighted by Gasteiger charge is -2.25. The topological polar surface area (TPSA) is 94.8 Å². The van der Waals surface area contributed by atoms with Crippen LogP contribution >= 0.6 is 0 Å². The molecule has 9 heteroatoms. The minimum atomic E-state index is 0.294. The Balaban J connectivity index is 1.38. The minimum Gasteiger partial charge on any atom is -0.381 e. The summed E-state index contributed by atoms with van der Waals surface area (Å²) in [5.74, 6) is 3.31. The molecular formula is C20H36N6O3. The fourth-order valence-electron chi connectivity index (χ4n) is 3.70. The first-order valence-electron chi connectivity index (χ1n) is 10.9. The first-order valence-corrected chi connectivity index (χ1v) is 10.9. The summed E-state index contributed by atoms with van der Waals surface area (Å²) in [4.78, 5) is 9.25. The monoisotopic (exact) mass is 408 g/mol. The number of aromatic nitrogens is 3. The van der Waals surface area contributed by atoms with Crippen molar-refractivity contribution >= 4 is 5.96 Å². The van der Waals surface area contributed by atoms with Crippen LogP contribution in [0.5, 0.6) is 0 Å². The molecule has 0 aliphatic carbocycles. The molecule has 1 atom stereocenters. The lowest BCUT2D eigenvalue weighted by atomic mass is 10.0. The Labute approximate surface area is 173 Å². The molecule has 3 heterocycles. The molecular weight excluding hydrogens is 372 g/mol. The van der Waals surface area contributed by atoms with Crippen molar-refractivity contribution in [1.29, 1.82) is 0 Å². The van der Waals surface area contributed by atoms with E-state index in [1.54, 1.807) is 7.11 Å². The van der Waals surface area contributed by atoms with Gasteiger partial charge < -0.3 is 24.8 Å². The van der Waals surface area contributed by atoms with Gasteiger partial charge in [0.1, 0.15) is 12.4 Å². The van der Waals surface area contributed by atoms with Gasteiger partial charge in [-0.2, -0.15) is 5.10 Å². The number of hydrogen-bond donors (Lipinski definition) is 2. The van der Waals surface area contributed by atoms with Crippen LogP contribution in [-0.4, -0.2) is 73.4 Å². The zero-order valence-corrected chi connectivity index (χ0v) is 17.9. The standard InChI is InChI=1S/C20H36N6O3/c1-3-21-20(22-9-4-10-29-14-16-7-11-28-12-8-16)23-17-5-6-19-24-18(15-27-2)25-26(19)13-17/h16-17H,3-15H2,1-2H3,(H2,21,22,23). The maximum Gasteiger partial charge on any atom is 0.191 e.